The summed E-state index contributed by atoms with van der Waals surface area (Å²) in [6.45, 7) is 2.73. The molecule has 0 saturated carbocycles. The second-order valence-corrected chi connectivity index (χ2v) is 9.25. The number of hydroxylamine groups is 1. The number of fused-ring (bicyclic) bond motifs is 2. The summed E-state index contributed by atoms with van der Waals surface area (Å²) in [5.41, 5.74) is 2.79. The molecule has 4 aromatic rings. The van der Waals surface area contributed by atoms with Crippen LogP contribution in [0.2, 0.25) is 0 Å². The molecule has 0 saturated heterocycles. The maximum atomic E-state index is 12.2. The molecule has 0 aliphatic rings. The molecule has 2 aromatic carbocycles. The molecule has 11 nitrogen and oxygen atoms in total. The van der Waals surface area contributed by atoms with Gasteiger partial charge in [-0.25, -0.2) is 15.1 Å². The molecule has 0 unspecified atom stereocenters. The summed E-state index contributed by atoms with van der Waals surface area (Å²) in [6.07, 6.45) is 7.37. The molecule has 2 N–H and O–H groups in total. The maximum Gasteiger partial charge on any atom is 0.277 e. The van der Waals surface area contributed by atoms with E-state index in [0.717, 1.165) is 32.1 Å². The van der Waals surface area contributed by atoms with Gasteiger partial charge in [0.15, 0.2) is 0 Å². The molecule has 0 fully saturated rings. The minimum atomic E-state index is -0.380. The number of carbonyl (C=O) groups is 2. The molecule has 2 aromatic heterocycles. The summed E-state index contributed by atoms with van der Waals surface area (Å²) in [5.74, 6) is -0.169. The van der Waals surface area contributed by atoms with E-state index in [9.17, 15) is 19.2 Å². The number of unbranched alkanes of at least 4 members (excludes halogenated alkanes) is 4. The third-order valence-corrected chi connectivity index (χ3v) is 6.19. The molecule has 0 bridgehead atoms. The number of hydrogen-bond donors (Lipinski definition) is 2. The fourth-order valence-corrected chi connectivity index (χ4v) is 4.05. The van der Waals surface area contributed by atoms with Crippen molar-refractivity contribution in [3.8, 4) is 0 Å². The predicted octanol–water partition coefficient (Wildman–Crippen LogP) is 3.40. The number of aryl methyl sites for hydroxylation is 2. The number of ketones is 1. The van der Waals surface area contributed by atoms with Gasteiger partial charge in [0.2, 0.25) is 5.91 Å². The first-order valence-corrected chi connectivity index (χ1v) is 13.1. The summed E-state index contributed by atoms with van der Waals surface area (Å²) in [5, 5.41) is 17.5. The highest BCUT2D eigenvalue weighted by molar-refractivity contribution is 5.77. The first-order valence-electron chi connectivity index (χ1n) is 13.1. The summed E-state index contributed by atoms with van der Waals surface area (Å²) in [7, 11) is 0. The number of Topliss-reactive ketones (excluding diaryl/α,β-unsaturated/α-hetero) is 1. The van der Waals surface area contributed by atoms with Crippen LogP contribution in [0.4, 0.5) is 0 Å². The highest BCUT2D eigenvalue weighted by atomic mass is 16.5. The number of benzene rings is 2. The van der Waals surface area contributed by atoms with Crippen LogP contribution in [0.1, 0.15) is 58.3 Å². The lowest BCUT2D eigenvalue weighted by atomic mass is 10.1. The van der Waals surface area contributed by atoms with Gasteiger partial charge in [-0.05, 0) is 56.9 Å². The Morgan fingerprint density at radius 3 is 2.10 bits per heavy atom. The van der Waals surface area contributed by atoms with E-state index in [4.69, 9.17) is 5.21 Å². The Kier molecular flexibility index (Phi) is 11.4. The molecule has 0 aliphatic carbocycles. The van der Waals surface area contributed by atoms with Crippen molar-refractivity contribution in [3.63, 3.8) is 0 Å². The van der Waals surface area contributed by atoms with Crippen LogP contribution >= 0.6 is 0 Å². The Balaban J connectivity index is 0.000000216. The Labute approximate surface area is 225 Å². The van der Waals surface area contributed by atoms with Crippen LogP contribution in [0.15, 0.2) is 64.4 Å². The number of rotatable bonds is 12. The molecule has 0 aliphatic heterocycles. The van der Waals surface area contributed by atoms with Crippen LogP contribution in [-0.4, -0.2) is 41.4 Å². The van der Waals surface area contributed by atoms with Gasteiger partial charge in [-0.15, -0.1) is 5.10 Å². The Bertz CT molecular complexity index is 1510. The highest BCUT2D eigenvalue weighted by Gasteiger charge is 2.05. The summed E-state index contributed by atoms with van der Waals surface area (Å²) < 4.78 is 2.99. The third-order valence-electron chi connectivity index (χ3n) is 6.19. The fourth-order valence-electron chi connectivity index (χ4n) is 4.05. The van der Waals surface area contributed by atoms with Gasteiger partial charge in [0.25, 0.3) is 11.1 Å². The van der Waals surface area contributed by atoms with Crippen molar-refractivity contribution in [2.24, 2.45) is 0 Å². The van der Waals surface area contributed by atoms with Crippen LogP contribution in [0.3, 0.4) is 0 Å². The van der Waals surface area contributed by atoms with Crippen LogP contribution in [0, 0.1) is 0 Å². The zero-order valence-corrected chi connectivity index (χ0v) is 22.1. The minimum Gasteiger partial charge on any atom is -0.300 e. The lowest BCUT2D eigenvalue weighted by Gasteiger charge is -2.06. The summed E-state index contributed by atoms with van der Waals surface area (Å²) >= 11 is 0. The monoisotopic (exact) mass is 534 g/mol. The highest BCUT2D eigenvalue weighted by Crippen LogP contribution is 2.07. The first-order chi connectivity index (χ1) is 18.9. The van der Waals surface area contributed by atoms with E-state index in [2.05, 4.69) is 15.3 Å². The SMILES string of the molecule is CC(=O)CCCCCn1nnc2ccccc2c1=O.O=C(CCCCCn1cnc2ccccc2c1=O)NO. The zero-order valence-electron chi connectivity index (χ0n) is 22.1. The van der Waals surface area contributed by atoms with E-state index in [1.165, 1.54) is 4.68 Å². The molecule has 11 heteroatoms. The van der Waals surface area contributed by atoms with Crippen LogP contribution in [0.5, 0.6) is 0 Å². The topological polar surface area (TPSA) is 149 Å². The normalized spacial score (nSPS) is 10.7. The molecular formula is C28H34N6O5. The van der Waals surface area contributed by atoms with Crippen LogP contribution < -0.4 is 16.6 Å². The average Bonchev–Trinajstić information content (AvgIpc) is 2.95. The molecule has 1 amide bonds. The molecule has 4 rings (SSSR count). The molecule has 206 valence electrons. The van der Waals surface area contributed by atoms with Gasteiger partial charge >= 0.3 is 0 Å². The van der Waals surface area contributed by atoms with E-state index >= 15 is 0 Å². The second kappa shape index (κ2) is 15.2. The molecule has 0 spiro atoms. The standard InChI is InChI=1S/C14H17N3O3.C14H17N3O2/c18-13(16-20)8-2-1-5-9-17-10-15-12-7-4-3-6-11(12)14(17)19;1-11(18)7-3-2-6-10-17-14(19)12-8-4-5-9-13(12)15-16-17/h3-4,6-7,10,20H,1-2,5,8-9H2,(H,16,18);4-5,8-9H,2-3,6-7,10H2,1H3. The third kappa shape index (κ3) is 8.92. The van der Waals surface area contributed by atoms with Crippen molar-refractivity contribution < 1.29 is 14.8 Å². The van der Waals surface area contributed by atoms with Crippen molar-refractivity contribution in [3.05, 3.63) is 75.6 Å². The Hall–Kier alpha value is -4.25. The molecular weight excluding hydrogens is 500 g/mol. The first kappa shape index (κ1) is 29.3. The van der Waals surface area contributed by atoms with Gasteiger partial charge in [-0.3, -0.25) is 24.2 Å². The second-order valence-electron chi connectivity index (χ2n) is 9.25. The van der Waals surface area contributed by atoms with E-state index in [1.807, 2.05) is 30.3 Å². The van der Waals surface area contributed by atoms with E-state index in [0.29, 0.717) is 54.2 Å². The van der Waals surface area contributed by atoms with Gasteiger partial charge in [-0.2, -0.15) is 0 Å². The van der Waals surface area contributed by atoms with Gasteiger partial charge in [0.05, 0.1) is 22.6 Å². The molecule has 0 radical (unpaired) electrons. The van der Waals surface area contributed by atoms with Gasteiger partial charge < -0.3 is 4.79 Å². The van der Waals surface area contributed by atoms with E-state index in [-0.39, 0.29) is 22.8 Å². The van der Waals surface area contributed by atoms with Gasteiger partial charge in [0.1, 0.15) is 11.3 Å². The average molecular weight is 535 g/mol. The largest absolute Gasteiger partial charge is 0.300 e. The Morgan fingerprint density at radius 2 is 1.41 bits per heavy atom. The summed E-state index contributed by atoms with van der Waals surface area (Å²) in [4.78, 5) is 50.1. The Morgan fingerprint density at radius 1 is 0.795 bits per heavy atom. The van der Waals surface area contributed by atoms with E-state index in [1.54, 1.807) is 41.5 Å². The lowest BCUT2D eigenvalue weighted by Crippen LogP contribution is -2.24. The number of nitrogens with zero attached hydrogens (tertiary/aromatic N) is 5. The maximum absolute atomic E-state index is 12.2. The lowest BCUT2D eigenvalue weighted by molar-refractivity contribution is -0.129. The quantitative estimate of drug-likeness (QED) is 0.160. The number of amides is 1. The molecule has 0 atom stereocenters. The van der Waals surface area contributed by atoms with Crippen LogP contribution in [0.25, 0.3) is 21.8 Å². The number of carbonyl (C=O) groups excluding carboxylic acids is 2. The number of nitrogens with one attached hydrogen (secondary N) is 1. The van der Waals surface area contributed by atoms with E-state index < -0.39 is 0 Å². The fraction of sp³-hybridized carbons (Fsp3) is 0.393. The number of hydrogen-bond acceptors (Lipinski definition) is 8. The minimum absolute atomic E-state index is 0.0382. The smallest absolute Gasteiger partial charge is 0.277 e. The van der Waals surface area contributed by atoms with Crippen molar-refractivity contribution >= 4 is 33.5 Å². The molecule has 2 heterocycles. The number of para-hydroxylation sites is 1. The van der Waals surface area contributed by atoms with Gasteiger partial charge in [0, 0.05) is 25.9 Å². The van der Waals surface area contributed by atoms with Crippen molar-refractivity contribution in [2.45, 2.75) is 71.4 Å². The van der Waals surface area contributed by atoms with Crippen molar-refractivity contribution in [2.75, 3.05) is 0 Å². The number of aromatic nitrogens is 5. The zero-order chi connectivity index (χ0) is 28.0. The summed E-state index contributed by atoms with van der Waals surface area (Å²) in [6, 6.07) is 14.5. The van der Waals surface area contributed by atoms with Crippen LogP contribution in [-0.2, 0) is 22.7 Å². The van der Waals surface area contributed by atoms with Crippen molar-refractivity contribution in [1.29, 1.82) is 0 Å². The predicted molar refractivity (Wildman–Crippen MR) is 147 cm³/mol. The molecule has 39 heavy (non-hydrogen) atoms. The van der Waals surface area contributed by atoms with Crippen molar-refractivity contribution in [1.82, 2.24) is 30.0 Å². The van der Waals surface area contributed by atoms with Gasteiger partial charge in [-0.1, -0.05) is 42.3 Å².